The molecule has 1 heterocycles. The van der Waals surface area contributed by atoms with E-state index in [4.69, 9.17) is 14.2 Å². The van der Waals surface area contributed by atoms with E-state index in [0.717, 1.165) is 12.8 Å². The molecule has 1 aliphatic heterocycles. The maximum Gasteiger partial charge on any atom is 0.319 e. The standard InChI is InChI=1S/C13H20O5/c1-2-16-12(15)13(6-4-3-5-10(13)14)9-11-17-7-8-18-11/h11H,2-9H2,1H3. The molecule has 0 aromatic heterocycles. The van der Waals surface area contributed by atoms with E-state index in [1.54, 1.807) is 6.92 Å². The zero-order valence-corrected chi connectivity index (χ0v) is 10.8. The van der Waals surface area contributed by atoms with Gasteiger partial charge in [0.2, 0.25) is 0 Å². The molecule has 0 aromatic rings. The van der Waals surface area contributed by atoms with Crippen molar-refractivity contribution in [2.45, 2.75) is 45.3 Å². The lowest BCUT2D eigenvalue weighted by molar-refractivity contribution is -0.169. The maximum absolute atomic E-state index is 12.2. The molecule has 1 atom stereocenters. The molecule has 5 nitrogen and oxygen atoms in total. The number of carbonyl (C=O) groups excluding carboxylic acids is 2. The van der Waals surface area contributed by atoms with Crippen LogP contribution >= 0.6 is 0 Å². The summed E-state index contributed by atoms with van der Waals surface area (Å²) in [5.41, 5.74) is -1.04. The SMILES string of the molecule is CCOC(=O)C1(CC2OCCO2)CCCCC1=O. The van der Waals surface area contributed by atoms with Crippen molar-refractivity contribution in [3.05, 3.63) is 0 Å². The molecule has 1 saturated carbocycles. The molecule has 1 aliphatic carbocycles. The largest absolute Gasteiger partial charge is 0.465 e. The van der Waals surface area contributed by atoms with Gasteiger partial charge in [-0.25, -0.2) is 0 Å². The summed E-state index contributed by atoms with van der Waals surface area (Å²) < 4.78 is 15.8. The van der Waals surface area contributed by atoms with Crippen LogP contribution in [0.4, 0.5) is 0 Å². The van der Waals surface area contributed by atoms with Crippen LogP contribution in [0.15, 0.2) is 0 Å². The van der Waals surface area contributed by atoms with Gasteiger partial charge in [-0.1, -0.05) is 6.42 Å². The first-order valence-electron chi connectivity index (χ1n) is 6.63. The molecular weight excluding hydrogens is 236 g/mol. The Hall–Kier alpha value is -0.940. The van der Waals surface area contributed by atoms with Crippen LogP contribution in [0, 0.1) is 5.41 Å². The van der Waals surface area contributed by atoms with Crippen LogP contribution in [-0.2, 0) is 23.8 Å². The highest BCUT2D eigenvalue weighted by Gasteiger charge is 2.50. The van der Waals surface area contributed by atoms with Gasteiger partial charge in [-0.2, -0.15) is 0 Å². The highest BCUT2D eigenvalue weighted by molar-refractivity contribution is 6.04. The molecule has 1 saturated heterocycles. The number of ether oxygens (including phenoxy) is 3. The van der Waals surface area contributed by atoms with Crippen molar-refractivity contribution >= 4 is 11.8 Å². The molecule has 0 spiro atoms. The highest BCUT2D eigenvalue weighted by atomic mass is 16.7. The van der Waals surface area contributed by atoms with Crippen LogP contribution in [0.3, 0.4) is 0 Å². The number of carbonyl (C=O) groups is 2. The molecule has 2 rings (SSSR count). The smallest absolute Gasteiger partial charge is 0.319 e. The van der Waals surface area contributed by atoms with Gasteiger partial charge >= 0.3 is 5.97 Å². The maximum atomic E-state index is 12.2. The molecule has 102 valence electrons. The fourth-order valence-corrected chi connectivity index (χ4v) is 2.68. The van der Waals surface area contributed by atoms with Gasteiger partial charge in [0, 0.05) is 12.8 Å². The molecule has 18 heavy (non-hydrogen) atoms. The third-order valence-corrected chi connectivity index (χ3v) is 3.66. The van der Waals surface area contributed by atoms with E-state index in [1.807, 2.05) is 0 Å². The van der Waals surface area contributed by atoms with Crippen LogP contribution < -0.4 is 0 Å². The Kier molecular flexibility index (Phi) is 4.35. The second kappa shape index (κ2) is 5.80. The fraction of sp³-hybridized carbons (Fsp3) is 0.846. The Labute approximate surface area is 107 Å². The van der Waals surface area contributed by atoms with Gasteiger partial charge in [0.25, 0.3) is 0 Å². The minimum Gasteiger partial charge on any atom is -0.465 e. The molecular formula is C13H20O5. The van der Waals surface area contributed by atoms with Gasteiger partial charge in [-0.05, 0) is 19.8 Å². The number of hydrogen-bond acceptors (Lipinski definition) is 5. The molecule has 0 aromatic carbocycles. The van der Waals surface area contributed by atoms with E-state index in [0.29, 0.717) is 39.1 Å². The zero-order valence-electron chi connectivity index (χ0n) is 10.8. The summed E-state index contributed by atoms with van der Waals surface area (Å²) >= 11 is 0. The Balaban J connectivity index is 2.14. The van der Waals surface area contributed by atoms with E-state index < -0.39 is 17.7 Å². The lowest BCUT2D eigenvalue weighted by atomic mass is 9.70. The Morgan fingerprint density at radius 1 is 1.39 bits per heavy atom. The van der Waals surface area contributed by atoms with Crippen molar-refractivity contribution in [1.29, 1.82) is 0 Å². The van der Waals surface area contributed by atoms with E-state index >= 15 is 0 Å². The predicted molar refractivity (Wildman–Crippen MR) is 62.9 cm³/mol. The number of hydrogen-bond donors (Lipinski definition) is 0. The van der Waals surface area contributed by atoms with Gasteiger partial charge in [-0.15, -0.1) is 0 Å². The molecule has 0 radical (unpaired) electrons. The van der Waals surface area contributed by atoms with Gasteiger partial charge in [0.15, 0.2) is 6.29 Å². The van der Waals surface area contributed by atoms with E-state index in [9.17, 15) is 9.59 Å². The summed E-state index contributed by atoms with van der Waals surface area (Å²) in [6.45, 7) is 3.09. The second-order valence-corrected chi connectivity index (χ2v) is 4.81. The molecule has 0 N–H and O–H groups in total. The third kappa shape index (κ3) is 2.57. The summed E-state index contributed by atoms with van der Waals surface area (Å²) in [7, 11) is 0. The molecule has 1 unspecified atom stereocenters. The number of ketones is 1. The number of rotatable bonds is 4. The summed E-state index contributed by atoms with van der Waals surface area (Å²) in [5, 5.41) is 0. The first-order valence-corrected chi connectivity index (χ1v) is 6.63. The van der Waals surface area contributed by atoms with Crippen molar-refractivity contribution in [1.82, 2.24) is 0 Å². The normalized spacial score (nSPS) is 29.5. The van der Waals surface area contributed by atoms with Crippen molar-refractivity contribution < 1.29 is 23.8 Å². The minimum atomic E-state index is -1.04. The quantitative estimate of drug-likeness (QED) is 0.562. The number of Topliss-reactive ketones (excluding diaryl/α,β-unsaturated/α-hetero) is 1. The van der Waals surface area contributed by atoms with Crippen LogP contribution in [0.2, 0.25) is 0 Å². The lowest BCUT2D eigenvalue weighted by Gasteiger charge is -2.34. The van der Waals surface area contributed by atoms with E-state index in [-0.39, 0.29) is 5.78 Å². The Bertz CT molecular complexity index is 321. The molecule has 2 aliphatic rings. The molecule has 0 amide bonds. The number of esters is 1. The van der Waals surface area contributed by atoms with Crippen molar-refractivity contribution in [2.24, 2.45) is 5.41 Å². The summed E-state index contributed by atoms with van der Waals surface area (Å²) in [5.74, 6) is -0.430. The molecule has 2 fully saturated rings. The van der Waals surface area contributed by atoms with Crippen LogP contribution in [-0.4, -0.2) is 37.9 Å². The average Bonchev–Trinajstić information content (AvgIpc) is 2.85. The van der Waals surface area contributed by atoms with Crippen molar-refractivity contribution in [2.75, 3.05) is 19.8 Å². The van der Waals surface area contributed by atoms with Crippen LogP contribution in [0.5, 0.6) is 0 Å². The van der Waals surface area contributed by atoms with Crippen LogP contribution in [0.1, 0.15) is 39.0 Å². The first-order chi connectivity index (χ1) is 8.69. The monoisotopic (exact) mass is 256 g/mol. The summed E-state index contributed by atoms with van der Waals surface area (Å²) in [6.07, 6.45) is 2.57. The summed E-state index contributed by atoms with van der Waals surface area (Å²) in [6, 6.07) is 0. The van der Waals surface area contributed by atoms with Crippen LogP contribution in [0.25, 0.3) is 0 Å². The molecule has 5 heteroatoms. The van der Waals surface area contributed by atoms with Gasteiger partial charge < -0.3 is 14.2 Å². The highest BCUT2D eigenvalue weighted by Crippen LogP contribution is 2.40. The second-order valence-electron chi connectivity index (χ2n) is 4.81. The Morgan fingerprint density at radius 3 is 2.72 bits per heavy atom. The Morgan fingerprint density at radius 2 is 2.11 bits per heavy atom. The first kappa shape index (κ1) is 13.5. The zero-order chi connectivity index (χ0) is 13.0. The topological polar surface area (TPSA) is 61.8 Å². The summed E-state index contributed by atoms with van der Waals surface area (Å²) in [4.78, 5) is 24.4. The fourth-order valence-electron chi connectivity index (χ4n) is 2.68. The van der Waals surface area contributed by atoms with Gasteiger partial charge in [-0.3, -0.25) is 9.59 Å². The lowest BCUT2D eigenvalue weighted by Crippen LogP contribution is -2.45. The third-order valence-electron chi connectivity index (χ3n) is 3.66. The van der Waals surface area contributed by atoms with E-state index in [1.165, 1.54) is 0 Å². The van der Waals surface area contributed by atoms with Crippen molar-refractivity contribution in [3.8, 4) is 0 Å². The molecule has 0 bridgehead atoms. The average molecular weight is 256 g/mol. The van der Waals surface area contributed by atoms with Gasteiger partial charge in [0.1, 0.15) is 11.2 Å². The van der Waals surface area contributed by atoms with Gasteiger partial charge in [0.05, 0.1) is 19.8 Å². The van der Waals surface area contributed by atoms with Crippen molar-refractivity contribution in [3.63, 3.8) is 0 Å². The predicted octanol–water partition coefficient (Wildman–Crippen LogP) is 1.44. The van der Waals surface area contributed by atoms with E-state index in [2.05, 4.69) is 0 Å². The minimum absolute atomic E-state index is 0.0219.